The molecule has 0 bridgehead atoms. The molecule has 0 saturated heterocycles. The first kappa shape index (κ1) is 14.9. The first-order valence-corrected chi connectivity index (χ1v) is 5.84. The Hall–Kier alpha value is -2.11. The molecule has 5 nitrogen and oxygen atoms in total. The average Bonchev–Trinajstić information content (AvgIpc) is 2.28. The molecule has 1 rings (SSSR count). The number of hydrogen-bond acceptors (Lipinski definition) is 3. The predicted octanol–water partition coefficient (Wildman–Crippen LogP) is 1.90. The Bertz CT molecular complexity index is 503. The quantitative estimate of drug-likeness (QED) is 0.762. The van der Waals surface area contributed by atoms with Crippen molar-refractivity contribution in [2.75, 3.05) is 0 Å². The van der Waals surface area contributed by atoms with E-state index in [0.717, 1.165) is 18.2 Å². The molecule has 1 aromatic carbocycles. The number of nitrogens with one attached hydrogen (secondary N) is 1. The largest absolute Gasteiger partial charge is 0.508 e. The van der Waals surface area contributed by atoms with Gasteiger partial charge in [-0.1, -0.05) is 13.3 Å². The molecule has 0 aromatic heterocycles. The summed E-state index contributed by atoms with van der Waals surface area (Å²) in [6.45, 7) is 3.16. The first-order chi connectivity index (χ1) is 8.80. The molecule has 1 amide bonds. The van der Waals surface area contributed by atoms with Crippen LogP contribution in [0, 0.1) is 5.82 Å². The van der Waals surface area contributed by atoms with Gasteiger partial charge < -0.3 is 15.5 Å². The van der Waals surface area contributed by atoms with Crippen LogP contribution < -0.4 is 5.32 Å². The number of carbonyl (C=O) groups is 2. The molecule has 104 valence electrons. The van der Waals surface area contributed by atoms with E-state index in [0.29, 0.717) is 6.42 Å². The van der Waals surface area contributed by atoms with Crippen LogP contribution >= 0.6 is 0 Å². The summed E-state index contributed by atoms with van der Waals surface area (Å²) in [6.07, 6.45) is 0.787. The zero-order valence-corrected chi connectivity index (χ0v) is 10.7. The lowest BCUT2D eigenvalue weighted by Crippen LogP contribution is -2.52. The van der Waals surface area contributed by atoms with Crippen molar-refractivity contribution >= 4 is 11.9 Å². The molecule has 0 spiro atoms. The van der Waals surface area contributed by atoms with Crippen molar-refractivity contribution in [2.45, 2.75) is 32.2 Å². The normalized spacial score (nSPS) is 13.6. The number of carboxylic acids is 1. The molecular weight excluding hydrogens is 253 g/mol. The number of phenolic OH excluding ortho intramolecular Hbond substituents is 1. The highest BCUT2D eigenvalue weighted by Gasteiger charge is 2.34. The number of carbonyl (C=O) groups excluding carboxylic acids is 1. The van der Waals surface area contributed by atoms with Crippen LogP contribution in [0.15, 0.2) is 18.2 Å². The monoisotopic (exact) mass is 269 g/mol. The van der Waals surface area contributed by atoms with Gasteiger partial charge in [-0.3, -0.25) is 4.79 Å². The number of hydrogen-bond donors (Lipinski definition) is 3. The van der Waals surface area contributed by atoms with Gasteiger partial charge in [-0.2, -0.15) is 0 Å². The molecule has 0 aliphatic carbocycles. The summed E-state index contributed by atoms with van der Waals surface area (Å²) in [6, 6.07) is 3.07. The molecule has 3 N–H and O–H groups in total. The van der Waals surface area contributed by atoms with Crippen molar-refractivity contribution in [1.29, 1.82) is 0 Å². The number of aromatic hydroxyl groups is 1. The lowest BCUT2D eigenvalue weighted by Gasteiger charge is -2.25. The standard InChI is InChI=1S/C13H16FNO4/c1-3-6-13(2,12(18)19)15-11(17)9-5-4-8(16)7-10(9)14/h4-5,7,16H,3,6H2,1-2H3,(H,15,17)(H,18,19). The third-order valence-corrected chi connectivity index (χ3v) is 2.81. The SMILES string of the molecule is CCCC(C)(NC(=O)c1ccc(O)cc1F)C(=O)O. The molecule has 0 heterocycles. The zero-order valence-electron chi connectivity index (χ0n) is 10.7. The minimum atomic E-state index is -1.45. The number of aliphatic carboxylic acids is 1. The second-order valence-corrected chi connectivity index (χ2v) is 4.51. The lowest BCUT2D eigenvalue weighted by atomic mass is 9.95. The van der Waals surface area contributed by atoms with Gasteiger partial charge in [0.05, 0.1) is 5.56 Å². The predicted molar refractivity (Wildman–Crippen MR) is 66.5 cm³/mol. The Morgan fingerprint density at radius 1 is 1.42 bits per heavy atom. The van der Waals surface area contributed by atoms with E-state index in [2.05, 4.69) is 5.32 Å². The molecule has 0 aliphatic rings. The van der Waals surface area contributed by atoms with Crippen LogP contribution in [-0.4, -0.2) is 27.6 Å². The number of halogens is 1. The fraction of sp³-hybridized carbons (Fsp3) is 0.385. The van der Waals surface area contributed by atoms with E-state index < -0.39 is 23.2 Å². The fourth-order valence-corrected chi connectivity index (χ4v) is 1.73. The van der Waals surface area contributed by atoms with E-state index in [1.165, 1.54) is 6.92 Å². The molecular formula is C13H16FNO4. The van der Waals surface area contributed by atoms with Gasteiger partial charge in [0.1, 0.15) is 17.1 Å². The summed E-state index contributed by atoms with van der Waals surface area (Å²) in [7, 11) is 0. The van der Waals surface area contributed by atoms with Crippen LogP contribution in [0.25, 0.3) is 0 Å². The maximum absolute atomic E-state index is 13.5. The van der Waals surface area contributed by atoms with E-state index in [9.17, 15) is 14.0 Å². The molecule has 1 aromatic rings. The first-order valence-electron chi connectivity index (χ1n) is 5.84. The van der Waals surface area contributed by atoms with Crippen molar-refractivity contribution < 1.29 is 24.2 Å². The van der Waals surface area contributed by atoms with Crippen molar-refractivity contribution in [1.82, 2.24) is 5.32 Å². The summed E-state index contributed by atoms with van der Waals surface area (Å²) in [5.41, 5.74) is -1.75. The van der Waals surface area contributed by atoms with Crippen LogP contribution in [0.5, 0.6) is 5.75 Å². The van der Waals surface area contributed by atoms with Gasteiger partial charge in [-0.05, 0) is 25.5 Å². The Morgan fingerprint density at radius 2 is 2.05 bits per heavy atom. The second kappa shape index (κ2) is 5.69. The average molecular weight is 269 g/mol. The minimum Gasteiger partial charge on any atom is -0.508 e. The zero-order chi connectivity index (χ0) is 14.6. The summed E-state index contributed by atoms with van der Waals surface area (Å²) in [4.78, 5) is 23.0. The summed E-state index contributed by atoms with van der Waals surface area (Å²) >= 11 is 0. The van der Waals surface area contributed by atoms with Crippen molar-refractivity contribution in [3.8, 4) is 5.75 Å². The highest BCUT2D eigenvalue weighted by Crippen LogP contribution is 2.18. The van der Waals surface area contributed by atoms with E-state index in [-0.39, 0.29) is 17.7 Å². The molecule has 0 radical (unpaired) electrons. The Labute approximate surface area is 110 Å². The molecule has 6 heteroatoms. The Kier molecular flexibility index (Phi) is 4.47. The van der Waals surface area contributed by atoms with Gasteiger partial charge in [0, 0.05) is 6.07 Å². The maximum atomic E-state index is 13.5. The highest BCUT2D eigenvalue weighted by atomic mass is 19.1. The summed E-state index contributed by atoms with van der Waals surface area (Å²) in [5.74, 6) is -3.21. The van der Waals surface area contributed by atoms with Crippen molar-refractivity contribution in [3.63, 3.8) is 0 Å². The summed E-state index contributed by atoms with van der Waals surface area (Å²) in [5, 5.41) is 20.5. The van der Waals surface area contributed by atoms with Gasteiger partial charge in [0.25, 0.3) is 5.91 Å². The number of phenols is 1. The van der Waals surface area contributed by atoms with Crippen LogP contribution in [0.1, 0.15) is 37.0 Å². The second-order valence-electron chi connectivity index (χ2n) is 4.51. The van der Waals surface area contributed by atoms with E-state index >= 15 is 0 Å². The van der Waals surface area contributed by atoms with Gasteiger partial charge in [-0.25, -0.2) is 9.18 Å². The highest BCUT2D eigenvalue weighted by molar-refractivity contribution is 5.98. The topological polar surface area (TPSA) is 86.6 Å². The number of benzene rings is 1. The molecule has 0 saturated carbocycles. The van der Waals surface area contributed by atoms with Gasteiger partial charge >= 0.3 is 5.97 Å². The van der Waals surface area contributed by atoms with Crippen LogP contribution in [0.2, 0.25) is 0 Å². The number of carboxylic acid groups (broad SMARTS) is 1. The number of amides is 1. The van der Waals surface area contributed by atoms with Gasteiger partial charge in [0.2, 0.25) is 0 Å². The van der Waals surface area contributed by atoms with Gasteiger partial charge in [-0.15, -0.1) is 0 Å². The lowest BCUT2D eigenvalue weighted by molar-refractivity contribution is -0.144. The summed E-state index contributed by atoms with van der Waals surface area (Å²) < 4.78 is 13.5. The fourth-order valence-electron chi connectivity index (χ4n) is 1.73. The van der Waals surface area contributed by atoms with Crippen LogP contribution in [0.4, 0.5) is 4.39 Å². The van der Waals surface area contributed by atoms with Crippen LogP contribution in [-0.2, 0) is 4.79 Å². The Morgan fingerprint density at radius 3 is 2.53 bits per heavy atom. The van der Waals surface area contributed by atoms with Gasteiger partial charge in [0.15, 0.2) is 0 Å². The van der Waals surface area contributed by atoms with Crippen molar-refractivity contribution in [2.24, 2.45) is 0 Å². The number of rotatable bonds is 5. The van der Waals surface area contributed by atoms with Crippen molar-refractivity contribution in [3.05, 3.63) is 29.6 Å². The van der Waals surface area contributed by atoms with E-state index in [1.807, 2.05) is 0 Å². The third-order valence-electron chi connectivity index (χ3n) is 2.81. The Balaban J connectivity index is 2.97. The van der Waals surface area contributed by atoms with E-state index in [4.69, 9.17) is 10.2 Å². The molecule has 1 atom stereocenters. The van der Waals surface area contributed by atoms with E-state index in [1.54, 1.807) is 6.92 Å². The molecule has 19 heavy (non-hydrogen) atoms. The molecule has 0 aliphatic heterocycles. The maximum Gasteiger partial charge on any atom is 0.329 e. The minimum absolute atomic E-state index is 0.230. The van der Waals surface area contributed by atoms with Crippen LogP contribution in [0.3, 0.4) is 0 Å². The third kappa shape index (κ3) is 3.43. The molecule has 0 fully saturated rings. The molecule has 1 unspecified atom stereocenters. The smallest absolute Gasteiger partial charge is 0.329 e.